The number of fused-ring (bicyclic) bond motifs is 1. The van der Waals surface area contributed by atoms with Crippen LogP contribution in [0, 0.1) is 0 Å². The molecule has 0 saturated heterocycles. The maximum atomic E-state index is 5.34. The highest BCUT2D eigenvalue weighted by Crippen LogP contribution is 2.22. The van der Waals surface area contributed by atoms with E-state index in [0.29, 0.717) is 12.1 Å². The molecule has 2 rings (SSSR count). The summed E-state index contributed by atoms with van der Waals surface area (Å²) in [7, 11) is 3.97. The number of nitrogens with one attached hydrogen (secondary N) is 1. The zero-order valence-electron chi connectivity index (χ0n) is 11.6. The monoisotopic (exact) mass is 248 g/mol. The lowest BCUT2D eigenvalue weighted by Crippen LogP contribution is -2.40. The van der Waals surface area contributed by atoms with Crippen molar-refractivity contribution in [1.29, 1.82) is 0 Å². The van der Waals surface area contributed by atoms with Crippen LogP contribution in [-0.4, -0.2) is 44.3 Å². The van der Waals surface area contributed by atoms with Gasteiger partial charge in [0.1, 0.15) is 0 Å². The van der Waals surface area contributed by atoms with Gasteiger partial charge in [0.25, 0.3) is 0 Å². The minimum absolute atomic E-state index is 0.292. The number of anilines is 1. The fraction of sp³-hybridized carbons (Fsp3) is 0.600. The summed E-state index contributed by atoms with van der Waals surface area (Å²) in [6.45, 7) is 4.12. The average molecular weight is 248 g/mol. The van der Waals surface area contributed by atoms with Crippen LogP contribution in [0.25, 0.3) is 0 Å². The van der Waals surface area contributed by atoms with Gasteiger partial charge >= 0.3 is 0 Å². The molecule has 1 aromatic carbocycles. The Morgan fingerprint density at radius 3 is 3.00 bits per heavy atom. The first-order valence-corrected chi connectivity index (χ1v) is 6.75. The van der Waals surface area contributed by atoms with E-state index in [2.05, 4.69) is 48.5 Å². The zero-order valence-corrected chi connectivity index (χ0v) is 11.6. The Balaban J connectivity index is 1.95. The fourth-order valence-corrected chi connectivity index (χ4v) is 2.57. The molecule has 1 aliphatic rings. The molecule has 1 N–H and O–H groups in total. The molecule has 2 unspecified atom stereocenters. The predicted molar refractivity (Wildman–Crippen MR) is 76.1 cm³/mol. The number of benzene rings is 1. The molecule has 2 atom stereocenters. The van der Waals surface area contributed by atoms with E-state index in [4.69, 9.17) is 4.74 Å². The number of aryl methyl sites for hydroxylation is 1. The van der Waals surface area contributed by atoms with Gasteiger partial charge in [-0.05, 0) is 38.4 Å². The topological polar surface area (TPSA) is 24.5 Å². The fourth-order valence-electron chi connectivity index (χ4n) is 2.57. The summed E-state index contributed by atoms with van der Waals surface area (Å²) in [5, 5.41) is 3.56. The quantitative estimate of drug-likeness (QED) is 0.885. The second-order valence-corrected chi connectivity index (χ2v) is 5.22. The summed E-state index contributed by atoms with van der Waals surface area (Å²) in [5.41, 5.74) is 2.74. The standard InChI is InChI=1S/C15H24N2O/c1-12(18-3)11-17(2)14-9-8-13-6-4-5-7-15(13)16-10-14/h4-7,12,14,16H,8-11H2,1-3H3. The Hall–Kier alpha value is -1.06. The van der Waals surface area contributed by atoms with E-state index >= 15 is 0 Å². The van der Waals surface area contributed by atoms with Crippen LogP contribution in [0.4, 0.5) is 5.69 Å². The maximum Gasteiger partial charge on any atom is 0.0670 e. The molecule has 0 saturated carbocycles. The third-order valence-electron chi connectivity index (χ3n) is 3.86. The van der Waals surface area contributed by atoms with E-state index in [1.807, 2.05) is 0 Å². The smallest absolute Gasteiger partial charge is 0.0670 e. The zero-order chi connectivity index (χ0) is 13.0. The number of rotatable bonds is 4. The lowest BCUT2D eigenvalue weighted by molar-refractivity contribution is 0.0721. The number of methoxy groups -OCH3 is 1. The third-order valence-corrected chi connectivity index (χ3v) is 3.86. The molecule has 100 valence electrons. The van der Waals surface area contributed by atoms with Gasteiger partial charge in [-0.1, -0.05) is 18.2 Å². The molecule has 1 heterocycles. The van der Waals surface area contributed by atoms with Gasteiger partial charge in [0.05, 0.1) is 6.10 Å². The summed E-state index contributed by atoms with van der Waals surface area (Å²) in [5.74, 6) is 0. The average Bonchev–Trinajstić information content (AvgIpc) is 2.61. The maximum absolute atomic E-state index is 5.34. The summed E-state index contributed by atoms with van der Waals surface area (Å²) < 4.78 is 5.34. The van der Waals surface area contributed by atoms with Crippen LogP contribution in [-0.2, 0) is 11.2 Å². The van der Waals surface area contributed by atoms with Crippen LogP contribution >= 0.6 is 0 Å². The van der Waals surface area contributed by atoms with Crippen molar-refractivity contribution in [2.24, 2.45) is 0 Å². The third kappa shape index (κ3) is 3.24. The van der Waals surface area contributed by atoms with Crippen molar-refractivity contribution in [2.45, 2.75) is 31.9 Å². The van der Waals surface area contributed by atoms with Crippen molar-refractivity contribution in [3.63, 3.8) is 0 Å². The Morgan fingerprint density at radius 2 is 2.22 bits per heavy atom. The highest BCUT2D eigenvalue weighted by Gasteiger charge is 2.20. The number of hydrogen-bond donors (Lipinski definition) is 1. The van der Waals surface area contributed by atoms with Gasteiger partial charge in [0, 0.05) is 31.9 Å². The van der Waals surface area contributed by atoms with E-state index in [0.717, 1.165) is 19.5 Å². The molecule has 18 heavy (non-hydrogen) atoms. The molecule has 3 nitrogen and oxygen atoms in total. The summed E-state index contributed by atoms with van der Waals surface area (Å²) in [6, 6.07) is 9.20. The van der Waals surface area contributed by atoms with Gasteiger partial charge in [0.15, 0.2) is 0 Å². The van der Waals surface area contributed by atoms with Crippen LogP contribution < -0.4 is 5.32 Å². The SMILES string of the molecule is COC(C)CN(C)C1CCc2ccccc2NC1. The number of likely N-dealkylation sites (N-methyl/N-ethyl adjacent to an activating group) is 1. The van der Waals surface area contributed by atoms with Gasteiger partial charge in [-0.25, -0.2) is 0 Å². The number of ether oxygens (including phenoxy) is 1. The molecule has 0 spiro atoms. The molecular formula is C15H24N2O. The van der Waals surface area contributed by atoms with Crippen molar-refractivity contribution in [1.82, 2.24) is 4.90 Å². The summed E-state index contributed by atoms with van der Waals surface area (Å²) >= 11 is 0. The van der Waals surface area contributed by atoms with Crippen molar-refractivity contribution in [3.05, 3.63) is 29.8 Å². The predicted octanol–water partition coefficient (Wildman–Crippen LogP) is 2.38. The van der Waals surface area contributed by atoms with E-state index in [-0.39, 0.29) is 0 Å². The second kappa shape index (κ2) is 6.21. The lowest BCUT2D eigenvalue weighted by atomic mass is 10.1. The first kappa shape index (κ1) is 13.4. The molecular weight excluding hydrogens is 224 g/mol. The Labute approximate surface area is 110 Å². The van der Waals surface area contributed by atoms with Crippen LogP contribution in [0.15, 0.2) is 24.3 Å². The molecule has 1 aliphatic heterocycles. The second-order valence-electron chi connectivity index (χ2n) is 5.22. The molecule has 0 radical (unpaired) electrons. The van der Waals surface area contributed by atoms with Crippen LogP contribution in [0.2, 0.25) is 0 Å². The minimum Gasteiger partial charge on any atom is -0.383 e. The molecule has 0 aromatic heterocycles. The Bertz CT molecular complexity index is 354. The molecule has 0 fully saturated rings. The van der Waals surface area contributed by atoms with Gasteiger partial charge in [-0.3, -0.25) is 4.90 Å². The lowest BCUT2D eigenvalue weighted by Gasteiger charge is -2.29. The number of para-hydroxylation sites is 1. The highest BCUT2D eigenvalue weighted by atomic mass is 16.5. The van der Waals surface area contributed by atoms with E-state index in [9.17, 15) is 0 Å². The van der Waals surface area contributed by atoms with Crippen LogP contribution in [0.3, 0.4) is 0 Å². The Kier molecular flexibility index (Phi) is 4.61. The largest absolute Gasteiger partial charge is 0.383 e. The van der Waals surface area contributed by atoms with Crippen LogP contribution in [0.5, 0.6) is 0 Å². The first-order chi connectivity index (χ1) is 8.70. The van der Waals surface area contributed by atoms with Crippen LogP contribution in [0.1, 0.15) is 18.9 Å². The molecule has 0 amide bonds. The minimum atomic E-state index is 0.292. The molecule has 1 aromatic rings. The van der Waals surface area contributed by atoms with Gasteiger partial charge in [-0.2, -0.15) is 0 Å². The van der Waals surface area contributed by atoms with Crippen molar-refractivity contribution in [3.8, 4) is 0 Å². The van der Waals surface area contributed by atoms with Gasteiger partial charge in [-0.15, -0.1) is 0 Å². The summed E-state index contributed by atoms with van der Waals surface area (Å²) in [6.07, 6.45) is 2.65. The van der Waals surface area contributed by atoms with Crippen molar-refractivity contribution < 1.29 is 4.74 Å². The molecule has 3 heteroatoms. The number of nitrogens with zero attached hydrogens (tertiary/aromatic N) is 1. The van der Waals surface area contributed by atoms with E-state index < -0.39 is 0 Å². The van der Waals surface area contributed by atoms with Crippen molar-refractivity contribution >= 4 is 5.69 Å². The normalized spacial score (nSPS) is 21.0. The molecule has 0 bridgehead atoms. The molecule has 0 aliphatic carbocycles. The van der Waals surface area contributed by atoms with Gasteiger partial charge < -0.3 is 10.1 Å². The van der Waals surface area contributed by atoms with E-state index in [1.54, 1.807) is 7.11 Å². The van der Waals surface area contributed by atoms with E-state index in [1.165, 1.54) is 17.7 Å². The van der Waals surface area contributed by atoms with Gasteiger partial charge in [0.2, 0.25) is 0 Å². The Morgan fingerprint density at radius 1 is 1.44 bits per heavy atom. The highest BCUT2D eigenvalue weighted by molar-refractivity contribution is 5.52. The number of hydrogen-bond acceptors (Lipinski definition) is 3. The first-order valence-electron chi connectivity index (χ1n) is 6.75. The van der Waals surface area contributed by atoms with Crippen molar-refractivity contribution in [2.75, 3.05) is 32.6 Å². The summed E-state index contributed by atoms with van der Waals surface area (Å²) in [4.78, 5) is 2.41.